The van der Waals surface area contributed by atoms with Crippen LogP contribution in [0.15, 0.2) is 54.9 Å². The summed E-state index contributed by atoms with van der Waals surface area (Å²) < 4.78 is 0. The molecule has 5 nitrogen and oxygen atoms in total. The number of benzene rings is 2. The molecular weight excluding hydrogens is 256 g/mol. The molecule has 3 aromatic rings. The molecule has 2 aromatic carbocycles. The molecule has 0 bridgehead atoms. The van der Waals surface area contributed by atoms with Gasteiger partial charge in [0, 0.05) is 41.0 Å². The zero-order valence-corrected chi connectivity index (χ0v) is 10.4. The molecule has 0 saturated heterocycles. The lowest BCUT2D eigenvalue weighted by molar-refractivity contribution is -0.384. The van der Waals surface area contributed by atoms with Crippen molar-refractivity contribution >= 4 is 16.5 Å². The van der Waals surface area contributed by atoms with Gasteiger partial charge in [-0.15, -0.1) is 0 Å². The van der Waals surface area contributed by atoms with Crippen LogP contribution in [0.25, 0.3) is 21.9 Å². The van der Waals surface area contributed by atoms with Gasteiger partial charge >= 0.3 is 0 Å². The van der Waals surface area contributed by atoms with Gasteiger partial charge in [-0.3, -0.25) is 15.1 Å². The Kier molecular flexibility index (Phi) is 2.80. The monoisotopic (exact) mass is 266 g/mol. The number of pyridine rings is 1. The molecule has 1 aromatic heterocycles. The lowest BCUT2D eigenvalue weighted by atomic mass is 10.00. The zero-order valence-electron chi connectivity index (χ0n) is 10.4. The first kappa shape index (κ1) is 12.1. The second-order valence-corrected chi connectivity index (χ2v) is 4.37. The summed E-state index contributed by atoms with van der Waals surface area (Å²) in [6, 6.07) is 11.5. The Morgan fingerprint density at radius 2 is 1.85 bits per heavy atom. The highest BCUT2D eigenvalue weighted by molar-refractivity contribution is 5.97. The second-order valence-electron chi connectivity index (χ2n) is 4.37. The Labute approximate surface area is 114 Å². The van der Waals surface area contributed by atoms with E-state index in [-0.39, 0.29) is 11.4 Å². The van der Waals surface area contributed by atoms with Crippen LogP contribution in [0.4, 0.5) is 5.69 Å². The Hall–Kier alpha value is -2.95. The molecule has 0 amide bonds. The molecule has 3 rings (SSSR count). The number of nitro groups is 1. The van der Waals surface area contributed by atoms with E-state index in [4.69, 9.17) is 0 Å². The van der Waals surface area contributed by atoms with E-state index in [0.29, 0.717) is 10.9 Å². The van der Waals surface area contributed by atoms with Gasteiger partial charge in [0.25, 0.3) is 5.69 Å². The van der Waals surface area contributed by atoms with Crippen LogP contribution >= 0.6 is 0 Å². The van der Waals surface area contributed by atoms with Crippen molar-refractivity contribution in [2.24, 2.45) is 0 Å². The van der Waals surface area contributed by atoms with Crippen LogP contribution in [0.5, 0.6) is 5.75 Å². The first-order valence-electron chi connectivity index (χ1n) is 5.97. The van der Waals surface area contributed by atoms with Crippen molar-refractivity contribution in [1.29, 1.82) is 0 Å². The fraction of sp³-hybridized carbons (Fsp3) is 0. The highest BCUT2D eigenvalue weighted by Crippen LogP contribution is 2.34. The molecule has 0 aliphatic rings. The van der Waals surface area contributed by atoms with Crippen molar-refractivity contribution in [3.63, 3.8) is 0 Å². The summed E-state index contributed by atoms with van der Waals surface area (Å²) in [5.41, 5.74) is 1.42. The van der Waals surface area contributed by atoms with Gasteiger partial charge in [0.15, 0.2) is 0 Å². The van der Waals surface area contributed by atoms with E-state index in [2.05, 4.69) is 4.98 Å². The van der Waals surface area contributed by atoms with Crippen LogP contribution in [-0.4, -0.2) is 15.0 Å². The van der Waals surface area contributed by atoms with Crippen LogP contribution in [0.2, 0.25) is 0 Å². The number of hydrogen-bond acceptors (Lipinski definition) is 4. The third-order valence-corrected chi connectivity index (χ3v) is 3.15. The van der Waals surface area contributed by atoms with Gasteiger partial charge in [-0.25, -0.2) is 0 Å². The summed E-state index contributed by atoms with van der Waals surface area (Å²) in [5, 5.41) is 22.2. The molecule has 20 heavy (non-hydrogen) atoms. The van der Waals surface area contributed by atoms with Crippen LogP contribution in [-0.2, 0) is 0 Å². The molecule has 5 heteroatoms. The predicted molar refractivity (Wildman–Crippen MR) is 75.5 cm³/mol. The summed E-state index contributed by atoms with van der Waals surface area (Å²) in [4.78, 5) is 14.5. The molecule has 0 radical (unpaired) electrons. The van der Waals surface area contributed by atoms with Gasteiger partial charge in [0.2, 0.25) is 0 Å². The fourth-order valence-corrected chi connectivity index (χ4v) is 2.19. The largest absolute Gasteiger partial charge is 0.507 e. The normalized spacial score (nSPS) is 10.6. The lowest BCUT2D eigenvalue weighted by Gasteiger charge is -2.07. The number of nitrogens with zero attached hydrogens (tertiary/aromatic N) is 2. The van der Waals surface area contributed by atoms with E-state index in [1.165, 1.54) is 12.1 Å². The van der Waals surface area contributed by atoms with Crippen molar-refractivity contribution in [3.8, 4) is 16.9 Å². The van der Waals surface area contributed by atoms with E-state index in [9.17, 15) is 15.2 Å². The molecule has 0 aliphatic carbocycles. The minimum atomic E-state index is -0.438. The zero-order chi connectivity index (χ0) is 14.1. The molecule has 98 valence electrons. The number of nitro benzene ring substituents is 1. The van der Waals surface area contributed by atoms with Crippen LogP contribution < -0.4 is 0 Å². The van der Waals surface area contributed by atoms with Crippen molar-refractivity contribution in [3.05, 3.63) is 65.0 Å². The first-order valence-corrected chi connectivity index (χ1v) is 5.97. The number of phenols is 1. The fourth-order valence-electron chi connectivity index (χ4n) is 2.19. The maximum absolute atomic E-state index is 10.8. The molecule has 0 aliphatic heterocycles. The topological polar surface area (TPSA) is 76.3 Å². The molecule has 0 atom stereocenters. The number of para-hydroxylation sites is 1. The Morgan fingerprint density at radius 1 is 1.05 bits per heavy atom. The average Bonchev–Trinajstić information content (AvgIpc) is 2.46. The molecular formula is C15H10N2O3. The minimum Gasteiger partial charge on any atom is -0.507 e. The third-order valence-electron chi connectivity index (χ3n) is 3.15. The number of non-ortho nitro benzene ring substituents is 1. The highest BCUT2D eigenvalue weighted by Gasteiger charge is 2.11. The molecule has 0 saturated carbocycles. The maximum atomic E-state index is 10.8. The van der Waals surface area contributed by atoms with E-state index in [0.717, 1.165) is 10.9 Å². The highest BCUT2D eigenvalue weighted by atomic mass is 16.6. The van der Waals surface area contributed by atoms with Gasteiger partial charge in [0.05, 0.1) is 4.92 Å². The Morgan fingerprint density at radius 3 is 2.60 bits per heavy atom. The summed E-state index contributed by atoms with van der Waals surface area (Å²) in [6.45, 7) is 0. The maximum Gasteiger partial charge on any atom is 0.270 e. The molecule has 1 heterocycles. The van der Waals surface area contributed by atoms with E-state index in [1.807, 2.05) is 6.07 Å². The third kappa shape index (κ3) is 1.95. The van der Waals surface area contributed by atoms with Crippen molar-refractivity contribution in [2.45, 2.75) is 0 Å². The van der Waals surface area contributed by atoms with Gasteiger partial charge in [0.1, 0.15) is 5.75 Å². The molecule has 1 N–H and O–H groups in total. The second kappa shape index (κ2) is 4.62. The number of rotatable bonds is 2. The summed E-state index contributed by atoms with van der Waals surface area (Å²) in [7, 11) is 0. The number of fused-ring (bicyclic) bond motifs is 1. The van der Waals surface area contributed by atoms with Crippen molar-refractivity contribution in [1.82, 2.24) is 4.98 Å². The van der Waals surface area contributed by atoms with Gasteiger partial charge in [-0.2, -0.15) is 0 Å². The Balaban J connectivity index is 2.28. The number of hydrogen-bond donors (Lipinski definition) is 1. The smallest absolute Gasteiger partial charge is 0.270 e. The SMILES string of the molecule is O=[N+]([O-])c1ccc2c(-c3ccccc3O)cncc2c1. The molecule has 0 unspecified atom stereocenters. The van der Waals surface area contributed by atoms with Crippen LogP contribution in [0, 0.1) is 10.1 Å². The van der Waals surface area contributed by atoms with E-state index >= 15 is 0 Å². The van der Waals surface area contributed by atoms with Crippen LogP contribution in [0.1, 0.15) is 0 Å². The van der Waals surface area contributed by atoms with Gasteiger partial charge in [-0.1, -0.05) is 18.2 Å². The van der Waals surface area contributed by atoms with E-state index < -0.39 is 4.92 Å². The predicted octanol–water partition coefficient (Wildman–Crippen LogP) is 3.52. The summed E-state index contributed by atoms with van der Waals surface area (Å²) in [5.74, 6) is 0.153. The first-order chi connectivity index (χ1) is 9.66. The number of aromatic hydroxyl groups is 1. The van der Waals surface area contributed by atoms with E-state index in [1.54, 1.807) is 36.7 Å². The van der Waals surface area contributed by atoms with Crippen LogP contribution in [0.3, 0.4) is 0 Å². The van der Waals surface area contributed by atoms with Crippen molar-refractivity contribution in [2.75, 3.05) is 0 Å². The van der Waals surface area contributed by atoms with Gasteiger partial charge < -0.3 is 5.11 Å². The molecule has 0 spiro atoms. The lowest BCUT2D eigenvalue weighted by Crippen LogP contribution is -1.89. The Bertz CT molecular complexity index is 815. The number of phenolic OH excluding ortho intramolecular Hbond substituents is 1. The summed E-state index contributed by atoms with van der Waals surface area (Å²) in [6.07, 6.45) is 3.22. The van der Waals surface area contributed by atoms with Crippen molar-refractivity contribution < 1.29 is 10.0 Å². The van der Waals surface area contributed by atoms with Gasteiger partial charge in [-0.05, 0) is 17.5 Å². The molecule has 0 fully saturated rings. The quantitative estimate of drug-likeness (QED) is 0.568. The standard InChI is InChI=1S/C15H10N2O3/c18-15-4-2-1-3-13(15)14-9-16-8-10-7-11(17(19)20)5-6-12(10)14/h1-9,18H. The summed E-state index contributed by atoms with van der Waals surface area (Å²) >= 11 is 0. The average molecular weight is 266 g/mol. The number of aromatic nitrogens is 1. The minimum absolute atomic E-state index is 0.0220.